The highest BCUT2D eigenvalue weighted by molar-refractivity contribution is 5.95. The summed E-state index contributed by atoms with van der Waals surface area (Å²) in [5.41, 5.74) is 5.07. The molecule has 7 nitrogen and oxygen atoms in total. The molecule has 0 saturated carbocycles. The van der Waals surface area contributed by atoms with E-state index in [4.69, 9.17) is 15.6 Å². The number of ether oxygens (including phenoxy) is 1. The molecule has 1 aromatic heterocycles. The maximum absolute atomic E-state index is 11.3. The lowest BCUT2D eigenvalue weighted by Crippen LogP contribution is -2.18. The van der Waals surface area contributed by atoms with E-state index >= 15 is 0 Å². The minimum Gasteiger partial charge on any atom is -0.493 e. The van der Waals surface area contributed by atoms with Gasteiger partial charge in [-0.15, -0.1) is 0 Å². The minimum atomic E-state index is -0.698. The van der Waals surface area contributed by atoms with E-state index in [0.29, 0.717) is 0 Å². The van der Waals surface area contributed by atoms with Gasteiger partial charge in [0.25, 0.3) is 5.56 Å². The molecule has 0 aliphatic rings. The minimum absolute atomic E-state index is 0.0283. The molecule has 7 heteroatoms. The number of nitrogens with one attached hydrogen (secondary N) is 1. The number of H-pyrrole nitrogens is 1. The Hall–Kier alpha value is -2.31. The van der Waals surface area contributed by atoms with Crippen molar-refractivity contribution in [3.05, 3.63) is 27.9 Å². The zero-order valence-electron chi connectivity index (χ0n) is 9.48. The summed E-state index contributed by atoms with van der Waals surface area (Å²) in [7, 11) is 0. The van der Waals surface area contributed by atoms with Gasteiger partial charge in [-0.3, -0.25) is 4.79 Å². The number of hydrogen-bond acceptors (Lipinski definition) is 6. The van der Waals surface area contributed by atoms with Gasteiger partial charge in [-0.05, 0) is 13.8 Å². The van der Waals surface area contributed by atoms with Crippen LogP contribution in [-0.2, 0) is 9.53 Å². The summed E-state index contributed by atoms with van der Waals surface area (Å²) in [5.74, 6) is -1.11. The molecular weight excluding hydrogens is 226 g/mol. The second-order valence-corrected chi connectivity index (χ2v) is 3.21. The number of esters is 1. The summed E-state index contributed by atoms with van der Waals surface area (Å²) in [6, 6.07) is 0.914. The van der Waals surface area contributed by atoms with Crippen LogP contribution in [0.2, 0.25) is 0 Å². The van der Waals surface area contributed by atoms with Crippen LogP contribution < -0.4 is 11.3 Å². The fraction of sp³-hybridized carbons (Fsp3) is 0.300. The molecule has 4 N–H and O–H groups in total. The van der Waals surface area contributed by atoms with Crippen molar-refractivity contribution in [2.75, 3.05) is 6.61 Å². The Morgan fingerprint density at radius 3 is 2.82 bits per heavy atom. The summed E-state index contributed by atoms with van der Waals surface area (Å²) in [6.45, 7) is 3.33. The fourth-order valence-corrected chi connectivity index (χ4v) is 1.11. The second kappa shape index (κ2) is 5.15. The topological polar surface area (TPSA) is 118 Å². The summed E-state index contributed by atoms with van der Waals surface area (Å²) in [5, 5.41) is 9.16. The Bertz CT molecular complexity index is 519. The lowest BCUT2D eigenvalue weighted by atomic mass is 10.2. The van der Waals surface area contributed by atoms with Crippen molar-refractivity contribution >= 4 is 11.5 Å². The lowest BCUT2D eigenvalue weighted by molar-refractivity contribution is -0.138. The fourth-order valence-electron chi connectivity index (χ4n) is 1.11. The Morgan fingerprint density at radius 1 is 1.65 bits per heavy atom. The van der Waals surface area contributed by atoms with Crippen molar-refractivity contribution in [3.8, 4) is 5.88 Å². The van der Waals surface area contributed by atoms with Crippen LogP contribution in [0.1, 0.15) is 19.7 Å². The first-order chi connectivity index (χ1) is 7.95. The quantitative estimate of drug-likeness (QED) is 0.493. The van der Waals surface area contributed by atoms with E-state index in [0.717, 1.165) is 6.07 Å². The average molecular weight is 239 g/mol. The van der Waals surface area contributed by atoms with Crippen molar-refractivity contribution in [1.29, 1.82) is 0 Å². The summed E-state index contributed by atoms with van der Waals surface area (Å²) in [6.07, 6.45) is 0. The first kappa shape index (κ1) is 12.8. The number of carbonyl (C=O) groups excluding carboxylic acids is 1. The van der Waals surface area contributed by atoms with E-state index in [1.54, 1.807) is 6.92 Å². The second-order valence-electron chi connectivity index (χ2n) is 3.21. The normalized spacial score (nSPS) is 11.9. The van der Waals surface area contributed by atoms with Crippen LogP contribution in [0, 0.1) is 0 Å². The molecule has 1 aromatic rings. The molecular formula is C10H13N3O4. The van der Waals surface area contributed by atoms with Crippen molar-refractivity contribution in [3.63, 3.8) is 0 Å². The number of allylic oxidation sites excluding steroid dienone is 1. The molecule has 0 aromatic carbocycles. The highest BCUT2D eigenvalue weighted by Crippen LogP contribution is 2.12. The van der Waals surface area contributed by atoms with E-state index in [2.05, 4.69) is 9.97 Å². The maximum Gasteiger partial charge on any atom is 0.354 e. The van der Waals surface area contributed by atoms with Gasteiger partial charge in [-0.1, -0.05) is 0 Å². The zero-order valence-corrected chi connectivity index (χ0v) is 9.48. The smallest absolute Gasteiger partial charge is 0.354 e. The van der Waals surface area contributed by atoms with Crippen LogP contribution >= 0.6 is 0 Å². The van der Waals surface area contributed by atoms with Crippen LogP contribution in [0.3, 0.4) is 0 Å². The van der Waals surface area contributed by atoms with Gasteiger partial charge in [-0.25, -0.2) is 4.79 Å². The predicted octanol–water partition coefficient (Wildman–Crippen LogP) is -0.272. The highest BCUT2D eigenvalue weighted by atomic mass is 16.5. The molecule has 0 bridgehead atoms. The molecule has 0 spiro atoms. The summed E-state index contributed by atoms with van der Waals surface area (Å²) in [4.78, 5) is 28.4. The Labute approximate surface area is 96.9 Å². The monoisotopic (exact) mass is 239 g/mol. The molecule has 0 aliphatic carbocycles. The maximum atomic E-state index is 11.3. The largest absolute Gasteiger partial charge is 0.493 e. The first-order valence-electron chi connectivity index (χ1n) is 4.90. The standard InChI is InChI=1S/C10H13N3O4/c1-3-17-10(16)8(11)5(2)9-12-6(14)4-7(15)13-9/h4H,3,11H2,1-2H3,(H2,12,13,14,15)/b8-5-. The number of aromatic amines is 1. The molecule has 0 amide bonds. The number of carbonyl (C=O) groups is 1. The molecule has 1 rings (SSSR count). The van der Waals surface area contributed by atoms with Gasteiger partial charge in [-0.2, -0.15) is 4.98 Å². The number of nitrogens with zero attached hydrogens (tertiary/aromatic N) is 1. The summed E-state index contributed by atoms with van der Waals surface area (Å²) < 4.78 is 4.70. The Balaban J connectivity index is 3.18. The van der Waals surface area contributed by atoms with Crippen molar-refractivity contribution in [2.45, 2.75) is 13.8 Å². The third kappa shape index (κ3) is 3.07. The molecule has 1 heterocycles. The van der Waals surface area contributed by atoms with E-state index in [9.17, 15) is 9.59 Å². The lowest BCUT2D eigenvalue weighted by Gasteiger charge is -2.06. The highest BCUT2D eigenvalue weighted by Gasteiger charge is 2.13. The Kier molecular flexibility index (Phi) is 3.86. The van der Waals surface area contributed by atoms with E-state index in [1.165, 1.54) is 6.92 Å². The molecule has 0 radical (unpaired) electrons. The average Bonchev–Trinajstić information content (AvgIpc) is 2.26. The number of hydrogen-bond donors (Lipinski definition) is 3. The Morgan fingerprint density at radius 2 is 2.29 bits per heavy atom. The van der Waals surface area contributed by atoms with E-state index in [1.807, 2.05) is 0 Å². The number of aromatic hydroxyl groups is 1. The van der Waals surface area contributed by atoms with Gasteiger partial charge in [0.05, 0.1) is 12.7 Å². The van der Waals surface area contributed by atoms with Crippen molar-refractivity contribution < 1.29 is 14.6 Å². The predicted molar refractivity (Wildman–Crippen MR) is 59.9 cm³/mol. The zero-order chi connectivity index (χ0) is 13.0. The van der Waals surface area contributed by atoms with Gasteiger partial charge in [0.1, 0.15) is 11.5 Å². The molecule has 0 unspecified atom stereocenters. The van der Waals surface area contributed by atoms with Crippen LogP contribution in [0.5, 0.6) is 5.88 Å². The molecule has 0 atom stereocenters. The third-order valence-corrected chi connectivity index (χ3v) is 1.98. The molecule has 92 valence electrons. The van der Waals surface area contributed by atoms with Gasteiger partial charge in [0.2, 0.25) is 5.88 Å². The molecule has 0 saturated heterocycles. The van der Waals surface area contributed by atoms with E-state index in [-0.39, 0.29) is 23.7 Å². The third-order valence-electron chi connectivity index (χ3n) is 1.98. The van der Waals surface area contributed by atoms with Crippen LogP contribution in [-0.4, -0.2) is 27.7 Å². The molecule has 0 fully saturated rings. The van der Waals surface area contributed by atoms with Crippen molar-refractivity contribution in [2.24, 2.45) is 5.73 Å². The van der Waals surface area contributed by atoms with Gasteiger partial charge >= 0.3 is 5.97 Å². The molecule has 0 aliphatic heterocycles. The number of nitrogens with two attached hydrogens (primary N) is 1. The van der Waals surface area contributed by atoms with Gasteiger partial charge < -0.3 is 20.6 Å². The summed E-state index contributed by atoms with van der Waals surface area (Å²) >= 11 is 0. The number of rotatable bonds is 3. The van der Waals surface area contributed by atoms with Crippen LogP contribution in [0.15, 0.2) is 16.6 Å². The van der Waals surface area contributed by atoms with E-state index < -0.39 is 17.4 Å². The SMILES string of the molecule is CCOC(=O)/C(N)=C(\C)c1nc(O)cc(=O)[nH]1. The van der Waals surface area contributed by atoms with Crippen LogP contribution in [0.25, 0.3) is 5.57 Å². The molecule has 17 heavy (non-hydrogen) atoms. The van der Waals surface area contributed by atoms with Crippen molar-refractivity contribution in [1.82, 2.24) is 9.97 Å². The first-order valence-corrected chi connectivity index (χ1v) is 4.90. The van der Waals surface area contributed by atoms with Crippen LogP contribution in [0.4, 0.5) is 0 Å². The van der Waals surface area contributed by atoms with Gasteiger partial charge in [0, 0.05) is 5.57 Å². The number of aromatic nitrogens is 2. The van der Waals surface area contributed by atoms with Gasteiger partial charge in [0.15, 0.2) is 0 Å².